The first-order chi connectivity index (χ1) is 11.1. The molecule has 24 heavy (non-hydrogen) atoms. The van der Waals surface area contributed by atoms with Gasteiger partial charge in [0, 0.05) is 29.9 Å². The second-order valence-electron chi connectivity index (χ2n) is 7.32. The highest BCUT2D eigenvalue weighted by molar-refractivity contribution is 9.10. The lowest BCUT2D eigenvalue weighted by Gasteiger charge is -2.37. The average molecular weight is 404 g/mol. The van der Waals surface area contributed by atoms with Crippen molar-refractivity contribution < 1.29 is 18.3 Å². The van der Waals surface area contributed by atoms with E-state index in [1.807, 2.05) is 24.3 Å². The topological polar surface area (TPSA) is 29.5 Å². The van der Waals surface area contributed by atoms with E-state index in [1.165, 1.54) is 0 Å². The van der Waals surface area contributed by atoms with Crippen molar-refractivity contribution in [3.63, 3.8) is 0 Å². The van der Waals surface area contributed by atoms with Crippen molar-refractivity contribution in [3.05, 3.63) is 34.3 Å². The molecule has 3 nitrogen and oxygen atoms in total. The number of carbonyl (C=O) groups excluding carboxylic acids is 1. The van der Waals surface area contributed by atoms with Gasteiger partial charge in [-0.2, -0.15) is 0 Å². The molecule has 0 aromatic heterocycles. The van der Waals surface area contributed by atoms with Crippen LogP contribution in [0.25, 0.3) is 0 Å². The Morgan fingerprint density at radius 1 is 1.25 bits per heavy atom. The minimum Gasteiger partial charge on any atom is -0.444 e. The number of ether oxygens (including phenoxy) is 1. The van der Waals surface area contributed by atoms with E-state index in [1.54, 1.807) is 25.7 Å². The first-order valence-electron chi connectivity index (χ1n) is 8.18. The van der Waals surface area contributed by atoms with Gasteiger partial charge in [-0.25, -0.2) is 13.6 Å². The van der Waals surface area contributed by atoms with Gasteiger partial charge < -0.3 is 9.64 Å². The summed E-state index contributed by atoms with van der Waals surface area (Å²) in [5.74, 6) is -2.62. The quantitative estimate of drug-likeness (QED) is 0.641. The number of hydrogen-bond acceptors (Lipinski definition) is 2. The molecule has 2 rings (SSSR count). The third kappa shape index (κ3) is 5.72. The minimum absolute atomic E-state index is 0.183. The zero-order valence-corrected chi connectivity index (χ0v) is 15.9. The van der Waals surface area contributed by atoms with Gasteiger partial charge in [-0.1, -0.05) is 28.1 Å². The lowest BCUT2D eigenvalue weighted by atomic mass is 9.91. The van der Waals surface area contributed by atoms with Gasteiger partial charge in [0.2, 0.25) is 5.92 Å². The van der Waals surface area contributed by atoms with Gasteiger partial charge in [0.15, 0.2) is 0 Å². The molecule has 1 aliphatic carbocycles. The van der Waals surface area contributed by atoms with Crippen LogP contribution in [0, 0.1) is 0 Å². The van der Waals surface area contributed by atoms with Crippen LogP contribution in [-0.4, -0.2) is 28.6 Å². The number of alkyl halides is 2. The molecule has 0 spiro atoms. The second-order valence-corrected chi connectivity index (χ2v) is 8.24. The molecule has 0 radical (unpaired) electrons. The van der Waals surface area contributed by atoms with Gasteiger partial charge in [-0.05, 0) is 51.3 Å². The minimum atomic E-state index is -2.62. The summed E-state index contributed by atoms with van der Waals surface area (Å²) in [5.41, 5.74) is 0.328. The number of benzene rings is 1. The molecule has 134 valence electrons. The third-order valence-corrected chi connectivity index (χ3v) is 4.55. The van der Waals surface area contributed by atoms with E-state index in [0.717, 1.165) is 10.0 Å². The van der Waals surface area contributed by atoms with E-state index in [9.17, 15) is 13.6 Å². The fourth-order valence-corrected chi connectivity index (χ4v) is 3.05. The summed E-state index contributed by atoms with van der Waals surface area (Å²) in [5, 5.41) is 0. The molecular formula is C18H24BrF2NO2. The molecule has 6 heteroatoms. The number of amides is 1. The lowest BCUT2D eigenvalue weighted by molar-refractivity contribution is -0.0580. The first kappa shape index (κ1) is 19.2. The van der Waals surface area contributed by atoms with E-state index >= 15 is 0 Å². The Morgan fingerprint density at radius 3 is 2.29 bits per heavy atom. The van der Waals surface area contributed by atoms with Crippen molar-refractivity contribution in [2.45, 2.75) is 70.6 Å². The van der Waals surface area contributed by atoms with Crippen LogP contribution in [0.5, 0.6) is 0 Å². The largest absolute Gasteiger partial charge is 0.444 e. The van der Waals surface area contributed by atoms with E-state index < -0.39 is 17.6 Å². The number of rotatable bonds is 3. The van der Waals surface area contributed by atoms with Crippen molar-refractivity contribution in [3.8, 4) is 0 Å². The number of halogens is 3. The lowest BCUT2D eigenvalue weighted by Crippen LogP contribution is -2.45. The maximum atomic E-state index is 13.4. The third-order valence-electron chi connectivity index (χ3n) is 4.02. The van der Waals surface area contributed by atoms with Crippen LogP contribution < -0.4 is 0 Å². The zero-order valence-electron chi connectivity index (χ0n) is 14.3. The molecule has 0 N–H and O–H groups in total. The van der Waals surface area contributed by atoms with Crippen LogP contribution in [-0.2, 0) is 11.3 Å². The maximum absolute atomic E-state index is 13.4. The molecule has 0 atom stereocenters. The van der Waals surface area contributed by atoms with Crippen molar-refractivity contribution in [2.24, 2.45) is 0 Å². The first-order valence-corrected chi connectivity index (χ1v) is 8.97. The SMILES string of the molecule is CC(C)(C)OC(=O)N(Cc1ccc(Br)cc1)C1CCC(F)(F)CC1. The average Bonchev–Trinajstić information content (AvgIpc) is 2.45. The second kappa shape index (κ2) is 7.38. The zero-order chi connectivity index (χ0) is 18.0. The van der Waals surface area contributed by atoms with Crippen molar-refractivity contribution in [1.82, 2.24) is 4.90 Å². The van der Waals surface area contributed by atoms with Crippen LogP contribution in [0.1, 0.15) is 52.0 Å². The van der Waals surface area contributed by atoms with Gasteiger partial charge in [0.05, 0.1) is 0 Å². The van der Waals surface area contributed by atoms with Gasteiger partial charge in [0.25, 0.3) is 0 Å². The Balaban J connectivity index is 2.14. The molecule has 1 aromatic carbocycles. The van der Waals surface area contributed by atoms with E-state index in [2.05, 4.69) is 15.9 Å². The van der Waals surface area contributed by atoms with E-state index in [-0.39, 0.29) is 18.9 Å². The van der Waals surface area contributed by atoms with Gasteiger partial charge >= 0.3 is 6.09 Å². The molecule has 0 bridgehead atoms. The summed E-state index contributed by atoms with van der Waals surface area (Å²) in [6, 6.07) is 7.41. The van der Waals surface area contributed by atoms with Crippen LogP contribution in [0.4, 0.5) is 13.6 Å². The van der Waals surface area contributed by atoms with Gasteiger partial charge in [-0.3, -0.25) is 0 Å². The molecule has 0 aliphatic heterocycles. The molecule has 0 unspecified atom stereocenters. The molecule has 1 aliphatic rings. The molecule has 1 saturated carbocycles. The summed E-state index contributed by atoms with van der Waals surface area (Å²) >= 11 is 3.38. The Labute approximate surface area is 150 Å². The Morgan fingerprint density at radius 2 is 1.79 bits per heavy atom. The van der Waals surface area contributed by atoms with Crippen LogP contribution in [0.15, 0.2) is 28.7 Å². The molecule has 1 aromatic rings. The summed E-state index contributed by atoms with van der Waals surface area (Å²) in [4.78, 5) is 14.2. The number of nitrogens with zero attached hydrogens (tertiary/aromatic N) is 1. The smallest absolute Gasteiger partial charge is 0.410 e. The Kier molecular flexibility index (Phi) is 5.89. The predicted molar refractivity (Wildman–Crippen MR) is 93.1 cm³/mol. The molecular weight excluding hydrogens is 380 g/mol. The molecule has 0 saturated heterocycles. The summed E-state index contributed by atoms with van der Waals surface area (Å²) in [6.45, 7) is 5.77. The highest BCUT2D eigenvalue weighted by Crippen LogP contribution is 2.36. The monoisotopic (exact) mass is 403 g/mol. The maximum Gasteiger partial charge on any atom is 0.410 e. The normalized spacial score (nSPS) is 18.2. The highest BCUT2D eigenvalue weighted by Gasteiger charge is 2.39. The summed E-state index contributed by atoms with van der Waals surface area (Å²) in [7, 11) is 0. The van der Waals surface area contributed by atoms with Crippen molar-refractivity contribution in [1.29, 1.82) is 0 Å². The summed E-state index contributed by atoms with van der Waals surface area (Å²) in [6.07, 6.45) is -0.221. The van der Waals surface area contributed by atoms with Crippen molar-refractivity contribution in [2.75, 3.05) is 0 Å². The molecule has 0 heterocycles. The fourth-order valence-electron chi connectivity index (χ4n) is 2.79. The van der Waals surface area contributed by atoms with Gasteiger partial charge in [-0.15, -0.1) is 0 Å². The van der Waals surface area contributed by atoms with Gasteiger partial charge in [0.1, 0.15) is 5.60 Å². The van der Waals surface area contributed by atoms with E-state index in [0.29, 0.717) is 19.4 Å². The molecule has 1 fully saturated rings. The van der Waals surface area contributed by atoms with Crippen LogP contribution in [0.3, 0.4) is 0 Å². The van der Waals surface area contributed by atoms with Crippen LogP contribution in [0.2, 0.25) is 0 Å². The fraction of sp³-hybridized carbons (Fsp3) is 0.611. The standard InChI is InChI=1S/C18H24BrF2NO2/c1-17(2,3)24-16(23)22(12-13-4-6-14(19)7-5-13)15-8-10-18(20,21)11-9-15/h4-7,15H,8-12H2,1-3H3. The van der Waals surface area contributed by atoms with E-state index in [4.69, 9.17) is 4.74 Å². The van der Waals surface area contributed by atoms with Crippen molar-refractivity contribution >= 4 is 22.0 Å². The number of hydrogen-bond donors (Lipinski definition) is 0. The highest BCUT2D eigenvalue weighted by atomic mass is 79.9. The number of carbonyl (C=O) groups is 1. The molecule has 1 amide bonds. The predicted octanol–water partition coefficient (Wildman–Crippen LogP) is 5.76. The Bertz CT molecular complexity index is 559. The van der Waals surface area contributed by atoms with Crippen LogP contribution >= 0.6 is 15.9 Å². The summed E-state index contributed by atoms with van der Waals surface area (Å²) < 4.78 is 33.3. The Hall–Kier alpha value is -1.17.